The molecule has 0 aromatic heterocycles. The summed E-state index contributed by atoms with van der Waals surface area (Å²) in [6, 6.07) is -0.604. The zero-order valence-electron chi connectivity index (χ0n) is 12.0. The van der Waals surface area contributed by atoms with Crippen molar-refractivity contribution < 1.29 is 33.3 Å². The van der Waals surface area contributed by atoms with E-state index >= 15 is 0 Å². The molecule has 3 atom stereocenters. The summed E-state index contributed by atoms with van der Waals surface area (Å²) >= 11 is 2.34. The number of allylic oxidation sites excluding steroid dienone is 3. The first kappa shape index (κ1) is 19.4. The van der Waals surface area contributed by atoms with Crippen molar-refractivity contribution in [3.8, 4) is 0 Å². The van der Waals surface area contributed by atoms with Gasteiger partial charge < -0.3 is 15.3 Å². The summed E-state index contributed by atoms with van der Waals surface area (Å²) in [5.41, 5.74) is -1.59. The van der Waals surface area contributed by atoms with Gasteiger partial charge in [-0.15, -0.1) is 0 Å². The van der Waals surface area contributed by atoms with Crippen LogP contribution in [0.5, 0.6) is 0 Å². The van der Waals surface area contributed by atoms with E-state index in [0.717, 1.165) is 12.3 Å². The van der Waals surface area contributed by atoms with Gasteiger partial charge in [-0.25, -0.2) is 18.0 Å². The van der Waals surface area contributed by atoms with Crippen LogP contribution in [0, 0.1) is 0 Å². The van der Waals surface area contributed by atoms with Crippen LogP contribution < -0.4 is 0 Å². The Hall–Kier alpha value is -1.61. The Kier molecular flexibility index (Phi) is 6.57. The van der Waals surface area contributed by atoms with Gasteiger partial charge >= 0.3 is 5.97 Å². The molecule has 9 heteroatoms. The fourth-order valence-electron chi connectivity index (χ4n) is 1.68. The van der Waals surface area contributed by atoms with Gasteiger partial charge in [-0.2, -0.15) is 0 Å². The van der Waals surface area contributed by atoms with E-state index in [2.05, 4.69) is 20.9 Å². The Balaban J connectivity index is 3.31. The summed E-state index contributed by atoms with van der Waals surface area (Å²) in [6.45, 7) is 1.34. The second kappa shape index (κ2) is 7.78. The van der Waals surface area contributed by atoms with Crippen molar-refractivity contribution in [3.05, 3.63) is 34.9 Å². The third-order valence-electron chi connectivity index (χ3n) is 3.13. The van der Waals surface area contributed by atoms with E-state index in [1.54, 1.807) is 6.92 Å². The number of rotatable bonds is 6. The van der Waals surface area contributed by atoms with Crippen LogP contribution in [0.2, 0.25) is 0 Å². The lowest BCUT2D eigenvalue weighted by atomic mass is 9.99. The average Bonchev–Trinajstić information content (AvgIpc) is 2.48. The maximum atomic E-state index is 13.9. The molecule has 0 heterocycles. The van der Waals surface area contributed by atoms with Gasteiger partial charge in [-0.05, 0) is 34.5 Å². The Morgan fingerprint density at radius 1 is 1.57 bits per heavy atom. The Bertz CT molecular complexity index is 595. The van der Waals surface area contributed by atoms with Crippen LogP contribution in [-0.2, 0) is 4.79 Å². The number of nitrogens with zero attached hydrogens (tertiary/aromatic N) is 1. The molecule has 1 rings (SSSR count). The number of halogens is 4. The Morgan fingerprint density at radius 2 is 2.17 bits per heavy atom. The largest absolute Gasteiger partial charge is 0.506 e. The quantitative estimate of drug-likeness (QED) is 0.278. The number of aliphatic hydroxyl groups is 2. The number of hydrogen-bond donors (Lipinski definition) is 3. The summed E-state index contributed by atoms with van der Waals surface area (Å²) in [7, 11) is 0. The lowest BCUT2D eigenvalue weighted by molar-refractivity contribution is -0.132. The molecule has 5 nitrogen and oxygen atoms in total. The van der Waals surface area contributed by atoms with Gasteiger partial charge in [-0.1, -0.05) is 6.92 Å². The minimum atomic E-state index is -2.78. The van der Waals surface area contributed by atoms with E-state index < -0.39 is 45.5 Å². The molecule has 0 bridgehead atoms. The average molecular weight is 398 g/mol. The third kappa shape index (κ3) is 4.44. The van der Waals surface area contributed by atoms with E-state index in [1.165, 1.54) is 0 Å². The number of alkyl halides is 3. The summed E-state index contributed by atoms with van der Waals surface area (Å²) in [5.74, 6) is -4.38. The highest BCUT2D eigenvalue weighted by Gasteiger charge is 2.42. The van der Waals surface area contributed by atoms with E-state index in [1.807, 2.05) is 0 Å². The molecule has 3 N–H and O–H groups in total. The smallest absolute Gasteiger partial charge is 0.341 e. The number of carboxylic acids is 1. The van der Waals surface area contributed by atoms with Crippen molar-refractivity contribution in [3.63, 3.8) is 0 Å². The predicted octanol–water partition coefficient (Wildman–Crippen LogP) is 2.92. The van der Waals surface area contributed by atoms with Crippen molar-refractivity contribution in [1.82, 2.24) is 0 Å². The summed E-state index contributed by atoms with van der Waals surface area (Å²) in [6.07, 6.45) is -0.244. The number of carbonyl (C=O) groups is 1. The molecule has 0 aromatic rings. The van der Waals surface area contributed by atoms with Crippen molar-refractivity contribution in [2.45, 2.75) is 30.1 Å². The standard InChI is InChI=1S/C14H15BrF3NO4/c1-2-7(6-20)19-5-9(13(22)23)11(21)8-3-4-14(15,18)12(17)10(8)16/h3-5,7,12,20-21H,2,6H2,1H3,(H,22,23)/t7-,12?,14?/m0/s1. The Morgan fingerprint density at radius 3 is 2.65 bits per heavy atom. The van der Waals surface area contributed by atoms with Gasteiger partial charge in [0.2, 0.25) is 4.58 Å². The molecule has 1 aliphatic carbocycles. The maximum absolute atomic E-state index is 13.9. The summed E-state index contributed by atoms with van der Waals surface area (Å²) in [4.78, 5) is 14.9. The zero-order chi connectivity index (χ0) is 17.8. The molecule has 23 heavy (non-hydrogen) atoms. The lowest BCUT2D eigenvalue weighted by Gasteiger charge is -2.23. The van der Waals surface area contributed by atoms with Crippen LogP contribution in [0.1, 0.15) is 13.3 Å². The number of hydrogen-bond acceptors (Lipinski definition) is 4. The first-order chi connectivity index (χ1) is 10.7. The van der Waals surface area contributed by atoms with Gasteiger partial charge in [0.1, 0.15) is 17.2 Å². The zero-order valence-corrected chi connectivity index (χ0v) is 13.6. The van der Waals surface area contributed by atoms with Crippen LogP contribution in [0.25, 0.3) is 0 Å². The van der Waals surface area contributed by atoms with E-state index in [-0.39, 0.29) is 6.61 Å². The maximum Gasteiger partial charge on any atom is 0.341 e. The Labute approximate surface area is 138 Å². The van der Waals surface area contributed by atoms with Gasteiger partial charge in [-0.3, -0.25) is 4.99 Å². The predicted molar refractivity (Wildman–Crippen MR) is 81.9 cm³/mol. The molecule has 0 saturated heterocycles. The van der Waals surface area contributed by atoms with E-state index in [0.29, 0.717) is 12.5 Å². The number of carboxylic acid groups (broad SMARTS) is 1. The second-order valence-electron chi connectivity index (χ2n) is 4.72. The molecule has 128 valence electrons. The SMILES string of the molecule is CC[C@@H](CO)N=CC(C(=O)O)=C(O)C1=C(F)C(F)C(F)(Br)C=C1. The van der Waals surface area contributed by atoms with Crippen molar-refractivity contribution >= 4 is 28.1 Å². The van der Waals surface area contributed by atoms with E-state index in [4.69, 9.17) is 10.2 Å². The lowest BCUT2D eigenvalue weighted by Crippen LogP contribution is -2.30. The van der Waals surface area contributed by atoms with Gasteiger partial charge in [0.25, 0.3) is 0 Å². The highest BCUT2D eigenvalue weighted by atomic mass is 79.9. The molecule has 1 aliphatic rings. The molecule has 0 aliphatic heterocycles. The van der Waals surface area contributed by atoms with Crippen LogP contribution in [0.4, 0.5) is 13.2 Å². The minimum absolute atomic E-state index is 0.349. The highest BCUT2D eigenvalue weighted by Crippen LogP contribution is 2.40. The van der Waals surface area contributed by atoms with Gasteiger partial charge in [0.05, 0.1) is 18.2 Å². The molecular weight excluding hydrogens is 383 g/mol. The third-order valence-corrected chi connectivity index (χ3v) is 3.79. The molecule has 2 unspecified atom stereocenters. The number of aliphatic imine (C=N–C) groups is 1. The first-order valence-electron chi connectivity index (χ1n) is 6.57. The molecule has 0 fully saturated rings. The van der Waals surface area contributed by atoms with Crippen LogP contribution in [0.3, 0.4) is 0 Å². The molecular formula is C14H15BrF3NO4. The highest BCUT2D eigenvalue weighted by molar-refractivity contribution is 9.10. The molecule has 0 amide bonds. The molecule has 0 saturated carbocycles. The molecule has 0 aromatic carbocycles. The van der Waals surface area contributed by atoms with Crippen LogP contribution in [0.15, 0.2) is 39.9 Å². The molecule has 0 spiro atoms. The minimum Gasteiger partial charge on any atom is -0.506 e. The van der Waals surface area contributed by atoms with Crippen molar-refractivity contribution in [1.29, 1.82) is 0 Å². The number of aliphatic carboxylic acids is 1. The van der Waals surface area contributed by atoms with Crippen LogP contribution >= 0.6 is 15.9 Å². The monoisotopic (exact) mass is 397 g/mol. The van der Waals surface area contributed by atoms with Crippen LogP contribution in [-0.4, -0.2) is 50.9 Å². The summed E-state index contributed by atoms with van der Waals surface area (Å²) in [5, 5.41) is 28.0. The van der Waals surface area contributed by atoms with E-state index in [9.17, 15) is 23.1 Å². The fraction of sp³-hybridized carbons (Fsp3) is 0.429. The van der Waals surface area contributed by atoms with Gasteiger partial charge in [0, 0.05) is 6.21 Å². The van der Waals surface area contributed by atoms with Crippen molar-refractivity contribution in [2.24, 2.45) is 4.99 Å². The van der Waals surface area contributed by atoms with Crippen molar-refractivity contribution in [2.75, 3.05) is 6.61 Å². The topological polar surface area (TPSA) is 90.1 Å². The molecule has 0 radical (unpaired) electrons. The van der Waals surface area contributed by atoms with Gasteiger partial charge in [0.15, 0.2) is 6.17 Å². The number of aliphatic hydroxyl groups excluding tert-OH is 2. The fourth-order valence-corrected chi connectivity index (χ4v) is 2.01. The second-order valence-corrected chi connectivity index (χ2v) is 5.94. The normalized spacial score (nSPS) is 27.3. The summed E-state index contributed by atoms with van der Waals surface area (Å²) < 4.78 is 38.2. The first-order valence-corrected chi connectivity index (χ1v) is 7.36.